The van der Waals surface area contributed by atoms with Gasteiger partial charge in [0.05, 0.1) is 28.8 Å². The molecule has 0 saturated carbocycles. The Labute approximate surface area is 277 Å². The van der Waals surface area contributed by atoms with Crippen molar-refractivity contribution in [1.29, 1.82) is 0 Å². The first kappa shape index (κ1) is 30.4. The van der Waals surface area contributed by atoms with Gasteiger partial charge < -0.3 is 15.4 Å². The Morgan fingerprint density at radius 2 is 1.75 bits per heavy atom. The van der Waals surface area contributed by atoms with Crippen molar-refractivity contribution >= 4 is 50.8 Å². The predicted octanol–water partition coefficient (Wildman–Crippen LogP) is 8.53. The van der Waals surface area contributed by atoms with E-state index in [4.69, 9.17) is 9.84 Å². The summed E-state index contributed by atoms with van der Waals surface area (Å²) in [5, 5.41) is 21.0. The fraction of sp³-hybridized carbons (Fsp3) is 0.162. The third kappa shape index (κ3) is 6.52. The molecular weight excluding hydrogens is 602 g/mol. The molecule has 0 radical (unpaired) electrons. The van der Waals surface area contributed by atoms with Crippen LogP contribution < -0.4 is 20.7 Å². The third-order valence-electron chi connectivity index (χ3n) is 8.05. The summed E-state index contributed by atoms with van der Waals surface area (Å²) in [4.78, 5) is 22.3. The molecule has 48 heavy (non-hydrogen) atoms. The molecule has 0 saturated heterocycles. The van der Waals surface area contributed by atoms with Gasteiger partial charge in [-0.05, 0) is 62.2 Å². The van der Waals surface area contributed by atoms with Gasteiger partial charge in [0.25, 0.3) is 0 Å². The van der Waals surface area contributed by atoms with Gasteiger partial charge in [0.2, 0.25) is 11.8 Å². The van der Waals surface area contributed by atoms with Crippen LogP contribution in [0, 0.1) is 6.92 Å². The van der Waals surface area contributed by atoms with Crippen molar-refractivity contribution in [3.8, 4) is 17.3 Å². The Kier molecular flexibility index (Phi) is 8.40. The molecule has 0 aliphatic heterocycles. The summed E-state index contributed by atoms with van der Waals surface area (Å²) >= 11 is 0. The number of rotatable bonds is 10. The summed E-state index contributed by atoms with van der Waals surface area (Å²) in [5.41, 5.74) is 5.47. The van der Waals surface area contributed by atoms with Crippen LogP contribution in [0.25, 0.3) is 27.4 Å². The van der Waals surface area contributed by atoms with Gasteiger partial charge in [0.1, 0.15) is 11.6 Å². The zero-order chi connectivity index (χ0) is 33.0. The minimum absolute atomic E-state index is 0.375. The van der Waals surface area contributed by atoms with Crippen LogP contribution in [0.1, 0.15) is 31.0 Å². The maximum atomic E-state index is 13.4. The van der Waals surface area contributed by atoms with E-state index in [-0.39, 0.29) is 6.03 Å². The molecule has 0 bridgehead atoms. The van der Waals surface area contributed by atoms with E-state index in [0.29, 0.717) is 29.1 Å². The first-order chi connectivity index (χ1) is 23.4. The Bertz CT molecular complexity index is 2240. The van der Waals surface area contributed by atoms with Crippen molar-refractivity contribution in [3.63, 3.8) is 0 Å². The smallest absolute Gasteiger partial charge is 0.324 e. The summed E-state index contributed by atoms with van der Waals surface area (Å²) in [6, 6.07) is 28.7. The Morgan fingerprint density at radius 1 is 0.917 bits per heavy atom. The second-order valence-corrected chi connectivity index (χ2v) is 11.6. The number of benzene rings is 4. The van der Waals surface area contributed by atoms with E-state index >= 15 is 0 Å². The van der Waals surface area contributed by atoms with E-state index < -0.39 is 0 Å². The number of carbonyl (C=O) groups is 1. The van der Waals surface area contributed by atoms with E-state index in [1.807, 2.05) is 110 Å². The zero-order valence-electron chi connectivity index (χ0n) is 26.9. The van der Waals surface area contributed by atoms with Crippen molar-refractivity contribution in [3.05, 3.63) is 115 Å². The van der Waals surface area contributed by atoms with Crippen molar-refractivity contribution in [2.24, 2.45) is 7.05 Å². The van der Waals surface area contributed by atoms with Crippen LogP contribution >= 0.6 is 0 Å². The lowest BCUT2D eigenvalue weighted by atomic mass is 10.1. The summed E-state index contributed by atoms with van der Waals surface area (Å²) < 4.78 is 9.87. The molecule has 3 N–H and O–H groups in total. The van der Waals surface area contributed by atoms with Gasteiger partial charge in [0.15, 0.2) is 0 Å². The average Bonchev–Trinajstić information content (AvgIpc) is 3.67. The monoisotopic (exact) mass is 637 g/mol. The highest BCUT2D eigenvalue weighted by molar-refractivity contribution is 6.07. The number of nitrogens with one attached hydrogen (secondary N) is 3. The van der Waals surface area contributed by atoms with Crippen LogP contribution in [0.4, 0.5) is 27.9 Å². The molecule has 0 spiro atoms. The minimum atomic E-state index is -0.375. The Morgan fingerprint density at radius 3 is 2.58 bits per heavy atom. The number of anilines is 4. The standard InChI is InChI=1S/C37H35N9O2/c1-4-5-8-27-22-34(46(44-27)28-14-11-24(2)12-15-28)42-37(47)41-31-16-18-33(30-10-7-6-9-29(30)31)48-35-19-20-38-36(43-35)40-26-13-17-32-25(21-26)23-39-45(32)3/h6-7,9-23H,4-5,8H2,1-3H3,(H,38,40,43)(H2,41,42,47). The lowest BCUT2D eigenvalue weighted by Gasteiger charge is -2.14. The lowest BCUT2D eigenvalue weighted by molar-refractivity contribution is 0.262. The third-order valence-corrected chi connectivity index (χ3v) is 8.05. The summed E-state index contributed by atoms with van der Waals surface area (Å²) in [7, 11) is 1.91. The maximum Gasteiger partial charge on any atom is 0.324 e. The fourth-order valence-corrected chi connectivity index (χ4v) is 5.56. The quantitative estimate of drug-likeness (QED) is 0.137. The number of ether oxygens (including phenoxy) is 1. The number of hydrogen-bond donors (Lipinski definition) is 3. The lowest BCUT2D eigenvalue weighted by Crippen LogP contribution is -2.21. The van der Waals surface area contributed by atoms with Crippen molar-refractivity contribution < 1.29 is 9.53 Å². The van der Waals surface area contributed by atoms with Gasteiger partial charge in [-0.2, -0.15) is 15.2 Å². The average molecular weight is 638 g/mol. The van der Waals surface area contributed by atoms with Crippen molar-refractivity contribution in [2.75, 3.05) is 16.0 Å². The highest BCUT2D eigenvalue weighted by Crippen LogP contribution is 2.34. The molecule has 7 aromatic rings. The number of nitrogens with zero attached hydrogens (tertiary/aromatic N) is 6. The first-order valence-corrected chi connectivity index (χ1v) is 15.9. The van der Waals surface area contributed by atoms with Crippen LogP contribution in [-0.4, -0.2) is 35.6 Å². The van der Waals surface area contributed by atoms with Crippen molar-refractivity contribution in [2.45, 2.75) is 33.1 Å². The number of unbranched alkanes of at least 4 members (excludes halogenated alkanes) is 1. The topological polar surface area (TPSA) is 124 Å². The number of aryl methyl sites for hydroxylation is 3. The van der Waals surface area contributed by atoms with Crippen LogP contribution in [-0.2, 0) is 13.5 Å². The maximum absolute atomic E-state index is 13.4. The number of urea groups is 1. The van der Waals surface area contributed by atoms with Gasteiger partial charge >= 0.3 is 6.03 Å². The molecule has 0 aliphatic carbocycles. The van der Waals surface area contributed by atoms with Crippen molar-refractivity contribution in [1.82, 2.24) is 29.5 Å². The number of amides is 2. The molecule has 3 heterocycles. The number of fused-ring (bicyclic) bond motifs is 2. The molecule has 0 fully saturated rings. The number of hydrogen-bond acceptors (Lipinski definition) is 7. The summed E-state index contributed by atoms with van der Waals surface area (Å²) in [6.07, 6.45) is 6.38. The number of carbonyl (C=O) groups excluding carboxylic acids is 1. The second kappa shape index (κ2) is 13.2. The second-order valence-electron chi connectivity index (χ2n) is 11.6. The highest BCUT2D eigenvalue weighted by Gasteiger charge is 2.15. The Balaban J connectivity index is 1.09. The molecule has 4 aromatic carbocycles. The SMILES string of the molecule is CCCCc1cc(NC(=O)Nc2ccc(Oc3ccnc(Nc4ccc5c(cnn5C)c4)n3)c3ccccc23)n(-c2ccc(C)cc2)n1. The summed E-state index contributed by atoms with van der Waals surface area (Å²) in [5.74, 6) is 1.97. The minimum Gasteiger partial charge on any atom is -0.438 e. The highest BCUT2D eigenvalue weighted by atomic mass is 16.5. The largest absolute Gasteiger partial charge is 0.438 e. The number of aromatic nitrogens is 6. The van der Waals surface area contributed by atoms with Crippen LogP contribution in [0.2, 0.25) is 0 Å². The Hall–Kier alpha value is -6.23. The van der Waals surface area contributed by atoms with E-state index in [9.17, 15) is 4.79 Å². The molecule has 2 amide bonds. The molecule has 7 rings (SSSR count). The predicted molar refractivity (Wildman–Crippen MR) is 190 cm³/mol. The van der Waals surface area contributed by atoms with Gasteiger partial charge in [0, 0.05) is 47.2 Å². The molecular formula is C37H35N9O2. The summed E-state index contributed by atoms with van der Waals surface area (Å²) in [6.45, 7) is 4.19. The van der Waals surface area contributed by atoms with Crippen LogP contribution in [0.3, 0.4) is 0 Å². The van der Waals surface area contributed by atoms with Gasteiger partial charge in [-0.3, -0.25) is 10.00 Å². The van der Waals surface area contributed by atoms with Gasteiger partial charge in [-0.25, -0.2) is 14.5 Å². The van der Waals surface area contributed by atoms with Gasteiger partial charge in [-0.15, -0.1) is 0 Å². The molecule has 0 aliphatic rings. The first-order valence-electron chi connectivity index (χ1n) is 15.9. The van der Waals surface area contributed by atoms with E-state index in [2.05, 4.69) is 37.9 Å². The normalized spacial score (nSPS) is 11.1. The molecule has 11 heteroatoms. The van der Waals surface area contributed by atoms with E-state index in [1.54, 1.807) is 16.9 Å². The molecule has 0 atom stereocenters. The molecule has 240 valence electrons. The molecule has 11 nitrogen and oxygen atoms in total. The van der Waals surface area contributed by atoms with E-state index in [1.165, 1.54) is 0 Å². The van der Waals surface area contributed by atoms with E-state index in [0.717, 1.165) is 63.6 Å². The molecule has 0 unspecified atom stereocenters. The van der Waals surface area contributed by atoms with Crippen LogP contribution in [0.5, 0.6) is 11.6 Å². The zero-order valence-corrected chi connectivity index (χ0v) is 26.9. The van der Waals surface area contributed by atoms with Gasteiger partial charge in [-0.1, -0.05) is 55.3 Å². The fourth-order valence-electron chi connectivity index (χ4n) is 5.56. The molecule has 3 aromatic heterocycles. The van der Waals surface area contributed by atoms with Crippen LogP contribution in [0.15, 0.2) is 103 Å².